The number of ketones is 1. The summed E-state index contributed by atoms with van der Waals surface area (Å²) in [6.45, 7) is 13.1. The van der Waals surface area contributed by atoms with Gasteiger partial charge in [-0.15, -0.1) is 0 Å². The quantitative estimate of drug-likeness (QED) is 0.749. The largest absolute Gasteiger partial charge is 0.340 e. The topological polar surface area (TPSA) is 52.7 Å². The van der Waals surface area contributed by atoms with Crippen LogP contribution in [-0.4, -0.2) is 66.8 Å². The number of Topliss-reactive ketones (excluding diaryl/α,β-unsaturated/α-hetero) is 1. The molecule has 1 atom stereocenters. The van der Waals surface area contributed by atoms with Gasteiger partial charge in [-0.05, 0) is 13.1 Å². The first-order valence-electron chi connectivity index (χ1n) is 7.76. The molecule has 0 saturated carbocycles. The van der Waals surface area contributed by atoms with Crippen LogP contribution < -0.4 is 5.32 Å². The molecule has 1 fully saturated rings. The molecule has 0 bridgehead atoms. The van der Waals surface area contributed by atoms with Crippen LogP contribution in [0.5, 0.6) is 0 Å². The summed E-state index contributed by atoms with van der Waals surface area (Å²) in [6, 6.07) is -0.336. The predicted molar refractivity (Wildman–Crippen MR) is 80.6 cm³/mol. The molecule has 0 aliphatic carbocycles. The molecule has 1 saturated heterocycles. The van der Waals surface area contributed by atoms with Crippen LogP contribution in [0.25, 0.3) is 0 Å². The van der Waals surface area contributed by atoms with Crippen LogP contribution in [0.3, 0.4) is 0 Å². The summed E-state index contributed by atoms with van der Waals surface area (Å²) in [4.78, 5) is 28.7. The minimum absolute atomic E-state index is 0.0382. The number of nitrogens with zero attached hydrogens (tertiary/aromatic N) is 2. The van der Waals surface area contributed by atoms with Crippen molar-refractivity contribution in [3.63, 3.8) is 0 Å². The van der Waals surface area contributed by atoms with Gasteiger partial charge in [0.05, 0.1) is 6.04 Å². The van der Waals surface area contributed by atoms with Gasteiger partial charge in [0.25, 0.3) is 0 Å². The lowest BCUT2D eigenvalue weighted by Crippen LogP contribution is -2.51. The Morgan fingerprint density at radius 2 is 1.70 bits per heavy atom. The number of rotatable bonds is 7. The maximum Gasteiger partial charge on any atom is 0.224 e. The Hall–Kier alpha value is -0.940. The number of carbonyl (C=O) groups excluding carboxylic acids is 2. The Balaban J connectivity index is 2.52. The van der Waals surface area contributed by atoms with Gasteiger partial charge in [-0.1, -0.05) is 27.7 Å². The van der Waals surface area contributed by atoms with Crippen LogP contribution in [0, 0.1) is 5.92 Å². The molecule has 0 aromatic carbocycles. The molecule has 20 heavy (non-hydrogen) atoms. The first-order valence-corrected chi connectivity index (χ1v) is 7.76. The van der Waals surface area contributed by atoms with E-state index in [9.17, 15) is 9.59 Å². The second kappa shape index (κ2) is 8.37. The second-order valence-electron chi connectivity index (χ2n) is 5.69. The van der Waals surface area contributed by atoms with Crippen molar-refractivity contribution in [2.75, 3.05) is 39.3 Å². The zero-order chi connectivity index (χ0) is 15.1. The van der Waals surface area contributed by atoms with E-state index in [2.05, 4.69) is 17.1 Å². The molecule has 1 amide bonds. The molecular formula is C15H29N3O2. The molecule has 0 aromatic heterocycles. The van der Waals surface area contributed by atoms with Crippen molar-refractivity contribution in [2.45, 2.75) is 40.2 Å². The molecule has 1 heterocycles. The first-order chi connectivity index (χ1) is 9.49. The van der Waals surface area contributed by atoms with Gasteiger partial charge in [0.15, 0.2) is 5.78 Å². The first kappa shape index (κ1) is 17.1. The summed E-state index contributed by atoms with van der Waals surface area (Å²) in [5.74, 6) is 0.192. The number of piperazine rings is 1. The summed E-state index contributed by atoms with van der Waals surface area (Å²) < 4.78 is 0. The van der Waals surface area contributed by atoms with Crippen LogP contribution in [0.4, 0.5) is 0 Å². The van der Waals surface area contributed by atoms with E-state index in [1.165, 1.54) is 0 Å². The van der Waals surface area contributed by atoms with Crippen molar-refractivity contribution in [1.29, 1.82) is 0 Å². The zero-order valence-corrected chi connectivity index (χ0v) is 13.3. The molecule has 1 aliphatic heterocycles. The maximum atomic E-state index is 12.3. The smallest absolute Gasteiger partial charge is 0.224 e. The molecule has 5 nitrogen and oxygen atoms in total. The van der Waals surface area contributed by atoms with Gasteiger partial charge in [-0.2, -0.15) is 0 Å². The summed E-state index contributed by atoms with van der Waals surface area (Å²) in [5.41, 5.74) is 0. The lowest BCUT2D eigenvalue weighted by Gasteiger charge is -2.34. The van der Waals surface area contributed by atoms with E-state index in [1.54, 1.807) is 0 Å². The third-order valence-electron chi connectivity index (χ3n) is 3.91. The number of hydrogen-bond acceptors (Lipinski definition) is 4. The van der Waals surface area contributed by atoms with E-state index < -0.39 is 0 Å². The van der Waals surface area contributed by atoms with Gasteiger partial charge < -0.3 is 15.1 Å². The molecular weight excluding hydrogens is 254 g/mol. The number of amides is 1. The summed E-state index contributed by atoms with van der Waals surface area (Å²) in [5, 5.41) is 3.15. The van der Waals surface area contributed by atoms with E-state index in [1.807, 2.05) is 25.7 Å². The summed E-state index contributed by atoms with van der Waals surface area (Å²) in [6.07, 6.45) is 0.289. The van der Waals surface area contributed by atoms with Crippen molar-refractivity contribution in [3.8, 4) is 0 Å². The molecule has 5 heteroatoms. The van der Waals surface area contributed by atoms with E-state index in [0.29, 0.717) is 6.54 Å². The Bertz CT molecular complexity index is 323. The van der Waals surface area contributed by atoms with Gasteiger partial charge in [0.1, 0.15) is 0 Å². The zero-order valence-electron chi connectivity index (χ0n) is 13.3. The molecule has 1 rings (SSSR count). The third kappa shape index (κ3) is 4.87. The Morgan fingerprint density at radius 3 is 2.15 bits per heavy atom. The molecule has 0 radical (unpaired) electrons. The summed E-state index contributed by atoms with van der Waals surface area (Å²) in [7, 11) is 0. The predicted octanol–water partition coefficient (Wildman–Crippen LogP) is 0.744. The van der Waals surface area contributed by atoms with E-state index in [-0.39, 0.29) is 30.1 Å². The van der Waals surface area contributed by atoms with Crippen molar-refractivity contribution < 1.29 is 9.59 Å². The highest BCUT2D eigenvalue weighted by Gasteiger charge is 2.27. The van der Waals surface area contributed by atoms with Crippen molar-refractivity contribution in [3.05, 3.63) is 0 Å². The van der Waals surface area contributed by atoms with Crippen LogP contribution in [0.2, 0.25) is 0 Å². The fourth-order valence-corrected chi connectivity index (χ4v) is 2.54. The molecule has 1 N–H and O–H groups in total. The second-order valence-corrected chi connectivity index (χ2v) is 5.69. The average molecular weight is 283 g/mol. The molecule has 0 aromatic rings. The number of hydrogen-bond donors (Lipinski definition) is 1. The molecule has 0 unspecified atom stereocenters. The Kier molecular flexibility index (Phi) is 7.16. The lowest BCUT2D eigenvalue weighted by molar-refractivity contribution is -0.136. The standard InChI is InChI=1S/C15H29N3O2/c1-5-16-13(15(20)12(3)4)11-14(19)18-9-7-17(6-2)8-10-18/h12-13,16H,5-11H2,1-4H3/t13-/m0/s1. The normalized spacial score (nSPS) is 18.4. The van der Waals surface area contributed by atoms with E-state index in [4.69, 9.17) is 0 Å². The lowest BCUT2D eigenvalue weighted by atomic mass is 9.98. The maximum absolute atomic E-state index is 12.3. The highest BCUT2D eigenvalue weighted by Crippen LogP contribution is 2.09. The SMILES string of the molecule is CCN[C@@H](CC(=O)N1CCN(CC)CC1)C(=O)C(C)C. The van der Waals surface area contributed by atoms with Gasteiger partial charge in [-0.25, -0.2) is 0 Å². The van der Waals surface area contributed by atoms with Crippen LogP contribution in [0.15, 0.2) is 0 Å². The van der Waals surface area contributed by atoms with Crippen molar-refractivity contribution in [2.24, 2.45) is 5.92 Å². The van der Waals surface area contributed by atoms with Gasteiger partial charge in [-0.3, -0.25) is 9.59 Å². The minimum Gasteiger partial charge on any atom is -0.340 e. The Morgan fingerprint density at radius 1 is 1.10 bits per heavy atom. The average Bonchev–Trinajstić information content (AvgIpc) is 2.45. The van der Waals surface area contributed by atoms with E-state index >= 15 is 0 Å². The minimum atomic E-state index is -0.336. The number of nitrogens with one attached hydrogen (secondary N) is 1. The summed E-state index contributed by atoms with van der Waals surface area (Å²) >= 11 is 0. The van der Waals surface area contributed by atoms with Crippen molar-refractivity contribution in [1.82, 2.24) is 15.1 Å². The monoisotopic (exact) mass is 283 g/mol. The number of carbonyl (C=O) groups is 2. The van der Waals surface area contributed by atoms with E-state index in [0.717, 1.165) is 32.7 Å². The van der Waals surface area contributed by atoms with Crippen LogP contribution >= 0.6 is 0 Å². The Labute approximate surface area is 122 Å². The van der Waals surface area contributed by atoms with Crippen LogP contribution in [-0.2, 0) is 9.59 Å². The van der Waals surface area contributed by atoms with Crippen molar-refractivity contribution >= 4 is 11.7 Å². The third-order valence-corrected chi connectivity index (χ3v) is 3.91. The molecule has 0 spiro atoms. The highest BCUT2D eigenvalue weighted by molar-refractivity contribution is 5.90. The molecule has 1 aliphatic rings. The molecule has 116 valence electrons. The fraction of sp³-hybridized carbons (Fsp3) is 0.867. The van der Waals surface area contributed by atoms with Gasteiger partial charge in [0, 0.05) is 38.5 Å². The van der Waals surface area contributed by atoms with Crippen LogP contribution in [0.1, 0.15) is 34.1 Å². The fourth-order valence-electron chi connectivity index (χ4n) is 2.54. The highest BCUT2D eigenvalue weighted by atomic mass is 16.2. The van der Waals surface area contributed by atoms with Gasteiger partial charge >= 0.3 is 0 Å². The number of likely N-dealkylation sites (N-methyl/N-ethyl adjacent to an activating group) is 2. The van der Waals surface area contributed by atoms with Gasteiger partial charge in [0.2, 0.25) is 5.91 Å².